The molecule has 0 bridgehead atoms. The summed E-state index contributed by atoms with van der Waals surface area (Å²) in [4.78, 5) is 26.2. The molecule has 1 fully saturated rings. The van der Waals surface area contributed by atoms with Crippen molar-refractivity contribution in [2.75, 3.05) is 11.4 Å². The molecule has 26 heavy (non-hydrogen) atoms. The average Bonchev–Trinajstić information content (AvgIpc) is 3.02. The largest absolute Gasteiger partial charge is 0.352 e. The Morgan fingerprint density at radius 2 is 1.77 bits per heavy atom. The van der Waals surface area contributed by atoms with Crippen molar-refractivity contribution in [3.63, 3.8) is 0 Å². The second-order valence-electron chi connectivity index (χ2n) is 6.15. The van der Waals surface area contributed by atoms with Crippen molar-refractivity contribution in [3.05, 3.63) is 60.2 Å². The highest BCUT2D eigenvalue weighted by atomic mass is 32.2. The van der Waals surface area contributed by atoms with Gasteiger partial charge in [0, 0.05) is 25.2 Å². The van der Waals surface area contributed by atoms with Gasteiger partial charge < -0.3 is 10.2 Å². The number of primary sulfonamides is 1. The highest BCUT2D eigenvalue weighted by molar-refractivity contribution is 7.89. The van der Waals surface area contributed by atoms with Crippen LogP contribution in [0.3, 0.4) is 0 Å². The first kappa shape index (κ1) is 18.1. The number of amides is 2. The van der Waals surface area contributed by atoms with Crippen molar-refractivity contribution >= 4 is 27.5 Å². The number of nitrogens with one attached hydrogen (secondary N) is 1. The molecule has 1 saturated heterocycles. The standard InChI is InChI=1S/C18H19N3O4S/c19-26(24,25)16-8-6-13(7-9-16)11-20-18(23)14-10-17(22)21(12-14)15-4-2-1-3-5-15/h1-9,14H,10-12H2,(H,20,23)(H2,19,24,25)/t14-/m1/s1. The lowest BCUT2D eigenvalue weighted by Crippen LogP contribution is -2.32. The highest BCUT2D eigenvalue weighted by Gasteiger charge is 2.34. The average molecular weight is 373 g/mol. The lowest BCUT2D eigenvalue weighted by atomic mass is 10.1. The smallest absolute Gasteiger partial charge is 0.238 e. The Morgan fingerprint density at radius 1 is 1.12 bits per heavy atom. The summed E-state index contributed by atoms with van der Waals surface area (Å²) in [7, 11) is -3.73. The molecule has 2 amide bonds. The van der Waals surface area contributed by atoms with E-state index in [1.54, 1.807) is 17.0 Å². The molecule has 1 aliphatic rings. The summed E-state index contributed by atoms with van der Waals surface area (Å²) < 4.78 is 22.5. The van der Waals surface area contributed by atoms with Gasteiger partial charge in [0.05, 0.1) is 10.8 Å². The third-order valence-corrected chi connectivity index (χ3v) is 5.21. The molecular formula is C18H19N3O4S. The second kappa shape index (κ2) is 7.27. The van der Waals surface area contributed by atoms with E-state index in [0.717, 1.165) is 11.3 Å². The number of para-hydroxylation sites is 1. The van der Waals surface area contributed by atoms with Crippen LogP contribution in [0.25, 0.3) is 0 Å². The van der Waals surface area contributed by atoms with Crippen LogP contribution in [0, 0.1) is 5.92 Å². The summed E-state index contributed by atoms with van der Waals surface area (Å²) in [6, 6.07) is 15.2. The van der Waals surface area contributed by atoms with E-state index < -0.39 is 15.9 Å². The van der Waals surface area contributed by atoms with E-state index in [2.05, 4.69) is 5.32 Å². The number of carbonyl (C=O) groups is 2. The van der Waals surface area contributed by atoms with E-state index in [4.69, 9.17) is 5.14 Å². The van der Waals surface area contributed by atoms with Crippen LogP contribution in [0.5, 0.6) is 0 Å². The van der Waals surface area contributed by atoms with Crippen molar-refractivity contribution in [3.8, 4) is 0 Å². The molecule has 2 aromatic carbocycles. The molecular weight excluding hydrogens is 354 g/mol. The Bertz CT molecular complexity index is 911. The predicted octanol–water partition coefficient (Wildman–Crippen LogP) is 1.00. The predicted molar refractivity (Wildman–Crippen MR) is 96.6 cm³/mol. The third kappa shape index (κ3) is 4.09. The zero-order chi connectivity index (χ0) is 18.7. The SMILES string of the molecule is NS(=O)(=O)c1ccc(CNC(=O)[C@@H]2CC(=O)N(c3ccccc3)C2)cc1. The molecule has 0 saturated carbocycles. The van der Waals surface area contributed by atoms with Crippen LogP contribution in [-0.2, 0) is 26.2 Å². The van der Waals surface area contributed by atoms with Crippen LogP contribution >= 0.6 is 0 Å². The zero-order valence-corrected chi connectivity index (χ0v) is 14.8. The van der Waals surface area contributed by atoms with Crippen molar-refractivity contribution in [1.29, 1.82) is 0 Å². The van der Waals surface area contributed by atoms with Crippen molar-refractivity contribution in [1.82, 2.24) is 5.32 Å². The number of anilines is 1. The fraction of sp³-hybridized carbons (Fsp3) is 0.222. The van der Waals surface area contributed by atoms with Gasteiger partial charge in [-0.05, 0) is 29.8 Å². The topological polar surface area (TPSA) is 110 Å². The molecule has 1 atom stereocenters. The number of carbonyl (C=O) groups excluding carboxylic acids is 2. The molecule has 0 aliphatic carbocycles. The lowest BCUT2D eigenvalue weighted by molar-refractivity contribution is -0.126. The number of hydrogen-bond donors (Lipinski definition) is 2. The molecule has 0 radical (unpaired) electrons. The quantitative estimate of drug-likeness (QED) is 0.815. The zero-order valence-electron chi connectivity index (χ0n) is 14.0. The summed E-state index contributed by atoms with van der Waals surface area (Å²) in [5, 5.41) is 7.84. The summed E-state index contributed by atoms with van der Waals surface area (Å²) in [6.07, 6.45) is 0.172. The molecule has 3 rings (SSSR count). The van der Waals surface area contributed by atoms with Crippen molar-refractivity contribution in [2.24, 2.45) is 11.1 Å². The van der Waals surface area contributed by atoms with E-state index in [1.165, 1.54) is 12.1 Å². The van der Waals surface area contributed by atoms with E-state index in [0.29, 0.717) is 6.54 Å². The van der Waals surface area contributed by atoms with Gasteiger partial charge >= 0.3 is 0 Å². The van der Waals surface area contributed by atoms with Crippen molar-refractivity contribution in [2.45, 2.75) is 17.9 Å². The Labute approximate surface area is 151 Å². The normalized spacial score (nSPS) is 17.3. The first-order chi connectivity index (χ1) is 12.3. The first-order valence-electron chi connectivity index (χ1n) is 8.09. The van der Waals surface area contributed by atoms with Gasteiger partial charge in [-0.3, -0.25) is 9.59 Å². The number of hydrogen-bond acceptors (Lipinski definition) is 4. The maximum absolute atomic E-state index is 12.4. The van der Waals surface area contributed by atoms with Gasteiger partial charge in [0.2, 0.25) is 21.8 Å². The molecule has 7 nitrogen and oxygen atoms in total. The fourth-order valence-electron chi connectivity index (χ4n) is 2.87. The van der Waals surface area contributed by atoms with Gasteiger partial charge in [0.15, 0.2) is 0 Å². The van der Waals surface area contributed by atoms with E-state index in [-0.39, 0.29) is 29.7 Å². The minimum Gasteiger partial charge on any atom is -0.352 e. The molecule has 0 spiro atoms. The van der Waals surface area contributed by atoms with Gasteiger partial charge in [0.1, 0.15) is 0 Å². The number of nitrogens with two attached hydrogens (primary N) is 1. The second-order valence-corrected chi connectivity index (χ2v) is 7.71. The van der Waals surface area contributed by atoms with Crippen LogP contribution in [0.4, 0.5) is 5.69 Å². The van der Waals surface area contributed by atoms with Gasteiger partial charge in [-0.25, -0.2) is 13.6 Å². The maximum atomic E-state index is 12.4. The number of benzene rings is 2. The van der Waals surface area contributed by atoms with Crippen LogP contribution in [-0.4, -0.2) is 26.8 Å². The molecule has 2 aromatic rings. The molecule has 0 aromatic heterocycles. The van der Waals surface area contributed by atoms with Gasteiger partial charge in [-0.15, -0.1) is 0 Å². The van der Waals surface area contributed by atoms with Crippen LogP contribution in [0.15, 0.2) is 59.5 Å². The van der Waals surface area contributed by atoms with Gasteiger partial charge in [-0.2, -0.15) is 0 Å². The molecule has 1 aliphatic heterocycles. The van der Waals surface area contributed by atoms with E-state index in [9.17, 15) is 18.0 Å². The minimum absolute atomic E-state index is 0.0208. The minimum atomic E-state index is -3.73. The number of nitrogens with zero attached hydrogens (tertiary/aromatic N) is 1. The molecule has 8 heteroatoms. The molecule has 1 heterocycles. The van der Waals surface area contributed by atoms with E-state index >= 15 is 0 Å². The maximum Gasteiger partial charge on any atom is 0.238 e. The summed E-state index contributed by atoms with van der Waals surface area (Å²) >= 11 is 0. The van der Waals surface area contributed by atoms with Crippen molar-refractivity contribution < 1.29 is 18.0 Å². The number of sulfonamides is 1. The Hall–Kier alpha value is -2.71. The molecule has 0 unspecified atom stereocenters. The lowest BCUT2D eigenvalue weighted by Gasteiger charge is -2.16. The van der Waals surface area contributed by atoms with Gasteiger partial charge in [0.25, 0.3) is 0 Å². The Morgan fingerprint density at radius 3 is 2.38 bits per heavy atom. The first-order valence-corrected chi connectivity index (χ1v) is 9.64. The third-order valence-electron chi connectivity index (χ3n) is 4.28. The van der Waals surface area contributed by atoms with Gasteiger partial charge in [-0.1, -0.05) is 30.3 Å². The van der Waals surface area contributed by atoms with Crippen LogP contribution in [0.2, 0.25) is 0 Å². The summed E-state index contributed by atoms with van der Waals surface area (Å²) in [6.45, 7) is 0.596. The Balaban J connectivity index is 1.58. The summed E-state index contributed by atoms with van der Waals surface area (Å²) in [5.74, 6) is -0.687. The summed E-state index contributed by atoms with van der Waals surface area (Å²) in [5.41, 5.74) is 1.53. The highest BCUT2D eigenvalue weighted by Crippen LogP contribution is 2.24. The molecule has 3 N–H and O–H groups in total. The van der Waals surface area contributed by atoms with Crippen LogP contribution < -0.4 is 15.4 Å². The Kier molecular flexibility index (Phi) is 5.06. The monoisotopic (exact) mass is 373 g/mol. The van der Waals surface area contributed by atoms with E-state index in [1.807, 2.05) is 30.3 Å². The fourth-order valence-corrected chi connectivity index (χ4v) is 3.39. The molecule has 136 valence electrons. The van der Waals surface area contributed by atoms with Crippen LogP contribution in [0.1, 0.15) is 12.0 Å². The number of rotatable bonds is 5.